The molecule has 1 aromatic carbocycles. The van der Waals surface area contributed by atoms with Gasteiger partial charge in [-0.25, -0.2) is 0 Å². The van der Waals surface area contributed by atoms with Crippen molar-refractivity contribution in [3.05, 3.63) is 66.7 Å². The van der Waals surface area contributed by atoms with Crippen LogP contribution in [0, 0.1) is 6.92 Å². The molecule has 1 aromatic heterocycles. The van der Waals surface area contributed by atoms with E-state index < -0.39 is 0 Å². The average Bonchev–Trinajstić information content (AvgIpc) is 2.44. The van der Waals surface area contributed by atoms with Gasteiger partial charge in [0.2, 0.25) is 11.9 Å². The zero-order valence-corrected chi connectivity index (χ0v) is 12.2. The first-order valence-corrected chi connectivity index (χ1v) is 6.68. The summed E-state index contributed by atoms with van der Waals surface area (Å²) in [5, 5.41) is 0. The van der Waals surface area contributed by atoms with Crippen molar-refractivity contribution in [2.75, 3.05) is 17.2 Å². The van der Waals surface area contributed by atoms with Gasteiger partial charge in [0.25, 0.3) is 0 Å². The van der Waals surface area contributed by atoms with Crippen molar-refractivity contribution < 1.29 is 0 Å². The number of benzene rings is 1. The van der Waals surface area contributed by atoms with Gasteiger partial charge < -0.3 is 10.6 Å². The van der Waals surface area contributed by atoms with E-state index in [1.165, 1.54) is 5.56 Å². The van der Waals surface area contributed by atoms with Crippen molar-refractivity contribution in [1.29, 1.82) is 0 Å². The second-order valence-electron chi connectivity index (χ2n) is 4.70. The first-order chi connectivity index (χ1) is 10.1. The fourth-order valence-corrected chi connectivity index (χ4v) is 2.01. The molecule has 0 amide bonds. The summed E-state index contributed by atoms with van der Waals surface area (Å²) < 4.78 is 0. The van der Waals surface area contributed by atoms with E-state index in [0.717, 1.165) is 5.56 Å². The van der Waals surface area contributed by atoms with E-state index in [2.05, 4.69) is 47.2 Å². The summed E-state index contributed by atoms with van der Waals surface area (Å²) in [5.74, 6) is 1.33. The standard InChI is InChI=1S/C16H19N5/c1-4-9-21(5-2)16-19-14(18-15(17)20-16)11-13-8-6-7-12(3)10-13/h4-8,10H,1-2,9,11H2,3H3,(H2,17,18,19,20). The quantitative estimate of drug-likeness (QED) is 0.824. The Morgan fingerprint density at radius 2 is 2.05 bits per heavy atom. The molecule has 5 heteroatoms. The first-order valence-electron chi connectivity index (χ1n) is 6.68. The Morgan fingerprint density at radius 3 is 2.71 bits per heavy atom. The molecule has 0 aliphatic heterocycles. The van der Waals surface area contributed by atoms with Crippen molar-refractivity contribution in [1.82, 2.24) is 15.0 Å². The van der Waals surface area contributed by atoms with Gasteiger partial charge in [0, 0.05) is 19.2 Å². The lowest BCUT2D eigenvalue weighted by molar-refractivity contribution is 0.888. The van der Waals surface area contributed by atoms with Crippen molar-refractivity contribution in [3.8, 4) is 0 Å². The highest BCUT2D eigenvalue weighted by Gasteiger charge is 2.09. The van der Waals surface area contributed by atoms with Crippen molar-refractivity contribution in [2.24, 2.45) is 0 Å². The Balaban J connectivity index is 2.30. The highest BCUT2D eigenvalue weighted by Crippen LogP contribution is 2.13. The summed E-state index contributed by atoms with van der Waals surface area (Å²) in [5.41, 5.74) is 8.12. The fraction of sp³-hybridized carbons (Fsp3) is 0.188. The molecule has 0 bridgehead atoms. The van der Waals surface area contributed by atoms with Gasteiger partial charge in [0.1, 0.15) is 5.82 Å². The van der Waals surface area contributed by atoms with Crippen LogP contribution < -0.4 is 10.6 Å². The van der Waals surface area contributed by atoms with Crippen LogP contribution in [-0.2, 0) is 6.42 Å². The molecule has 0 atom stereocenters. The van der Waals surface area contributed by atoms with Gasteiger partial charge in [0.05, 0.1) is 0 Å². The van der Waals surface area contributed by atoms with Gasteiger partial charge in [-0.2, -0.15) is 15.0 Å². The molecule has 0 saturated carbocycles. The maximum absolute atomic E-state index is 5.78. The third-order valence-corrected chi connectivity index (χ3v) is 2.94. The molecule has 0 aliphatic carbocycles. The van der Waals surface area contributed by atoms with Crippen molar-refractivity contribution in [2.45, 2.75) is 13.3 Å². The molecule has 2 aromatic rings. The molecule has 2 rings (SSSR count). The SMILES string of the molecule is C=CCN(C=C)c1nc(N)nc(Cc2cccc(C)c2)n1. The smallest absolute Gasteiger partial charge is 0.234 e. The summed E-state index contributed by atoms with van der Waals surface area (Å²) >= 11 is 0. The summed E-state index contributed by atoms with van der Waals surface area (Å²) in [6.45, 7) is 10.1. The van der Waals surface area contributed by atoms with Crippen LogP contribution in [0.3, 0.4) is 0 Å². The highest BCUT2D eigenvalue weighted by atomic mass is 15.3. The van der Waals surface area contributed by atoms with Gasteiger partial charge in [0.15, 0.2) is 0 Å². The van der Waals surface area contributed by atoms with E-state index in [9.17, 15) is 0 Å². The van der Waals surface area contributed by atoms with E-state index in [-0.39, 0.29) is 5.95 Å². The summed E-state index contributed by atoms with van der Waals surface area (Å²) in [4.78, 5) is 14.6. The normalized spacial score (nSPS) is 10.1. The van der Waals surface area contributed by atoms with Crippen LogP contribution in [0.2, 0.25) is 0 Å². The number of nitrogens with zero attached hydrogens (tertiary/aromatic N) is 4. The number of hydrogen-bond donors (Lipinski definition) is 1. The molecule has 0 spiro atoms. The Hall–Kier alpha value is -2.69. The molecule has 0 aliphatic rings. The van der Waals surface area contributed by atoms with Crippen LogP contribution in [0.4, 0.5) is 11.9 Å². The number of aromatic nitrogens is 3. The number of nitrogens with two attached hydrogens (primary N) is 1. The molecule has 108 valence electrons. The van der Waals surface area contributed by atoms with Gasteiger partial charge >= 0.3 is 0 Å². The molecule has 1 heterocycles. The number of hydrogen-bond acceptors (Lipinski definition) is 5. The number of aryl methyl sites for hydroxylation is 1. The van der Waals surface area contributed by atoms with Gasteiger partial charge in [-0.1, -0.05) is 42.5 Å². The number of anilines is 2. The molecule has 5 nitrogen and oxygen atoms in total. The maximum atomic E-state index is 5.78. The largest absolute Gasteiger partial charge is 0.368 e. The molecule has 2 N–H and O–H groups in total. The minimum Gasteiger partial charge on any atom is -0.368 e. The number of nitrogen functional groups attached to an aromatic ring is 1. The summed E-state index contributed by atoms with van der Waals surface area (Å²) in [7, 11) is 0. The number of rotatable bonds is 6. The minimum absolute atomic E-state index is 0.207. The van der Waals surface area contributed by atoms with E-state index in [0.29, 0.717) is 24.7 Å². The summed E-state index contributed by atoms with van der Waals surface area (Å²) in [6.07, 6.45) is 4.01. The first kappa shape index (κ1) is 14.7. The van der Waals surface area contributed by atoms with Gasteiger partial charge in [-0.3, -0.25) is 0 Å². The fourth-order valence-electron chi connectivity index (χ4n) is 2.01. The van der Waals surface area contributed by atoms with Crippen LogP contribution >= 0.6 is 0 Å². The lowest BCUT2D eigenvalue weighted by Gasteiger charge is -2.16. The Kier molecular flexibility index (Phi) is 4.66. The zero-order valence-electron chi connectivity index (χ0n) is 12.2. The molecule has 0 fully saturated rings. The van der Waals surface area contributed by atoms with E-state index in [1.54, 1.807) is 17.2 Å². The predicted molar refractivity (Wildman–Crippen MR) is 86.0 cm³/mol. The lowest BCUT2D eigenvalue weighted by Crippen LogP contribution is -2.20. The molecular formula is C16H19N5. The average molecular weight is 281 g/mol. The van der Waals surface area contributed by atoms with Crippen LogP contribution in [0.5, 0.6) is 0 Å². The molecule has 0 unspecified atom stereocenters. The van der Waals surface area contributed by atoms with Crippen LogP contribution in [0.15, 0.2) is 49.7 Å². The van der Waals surface area contributed by atoms with E-state index in [1.807, 2.05) is 12.1 Å². The molecule has 21 heavy (non-hydrogen) atoms. The molecule has 0 radical (unpaired) electrons. The minimum atomic E-state index is 0.207. The van der Waals surface area contributed by atoms with E-state index in [4.69, 9.17) is 5.73 Å². The topological polar surface area (TPSA) is 67.9 Å². The molecule has 0 saturated heterocycles. The van der Waals surface area contributed by atoms with Crippen molar-refractivity contribution >= 4 is 11.9 Å². The van der Waals surface area contributed by atoms with Crippen LogP contribution in [-0.4, -0.2) is 21.5 Å². The second-order valence-corrected chi connectivity index (χ2v) is 4.70. The maximum Gasteiger partial charge on any atom is 0.234 e. The van der Waals surface area contributed by atoms with Crippen LogP contribution in [0.25, 0.3) is 0 Å². The Bertz CT molecular complexity index is 651. The van der Waals surface area contributed by atoms with E-state index >= 15 is 0 Å². The monoisotopic (exact) mass is 281 g/mol. The molecular weight excluding hydrogens is 262 g/mol. The third kappa shape index (κ3) is 3.89. The highest BCUT2D eigenvalue weighted by molar-refractivity contribution is 5.39. The van der Waals surface area contributed by atoms with Crippen LogP contribution in [0.1, 0.15) is 17.0 Å². The third-order valence-electron chi connectivity index (χ3n) is 2.94. The predicted octanol–water partition coefficient (Wildman–Crippen LogP) is 2.49. The summed E-state index contributed by atoms with van der Waals surface area (Å²) in [6, 6.07) is 8.22. The second kappa shape index (κ2) is 6.65. The van der Waals surface area contributed by atoms with Crippen molar-refractivity contribution in [3.63, 3.8) is 0 Å². The Labute approximate surface area is 124 Å². The Morgan fingerprint density at radius 1 is 1.24 bits per heavy atom. The van der Waals surface area contributed by atoms with Gasteiger partial charge in [-0.15, -0.1) is 6.58 Å². The zero-order chi connectivity index (χ0) is 15.2. The lowest BCUT2D eigenvalue weighted by atomic mass is 10.1. The van der Waals surface area contributed by atoms with Gasteiger partial charge in [-0.05, 0) is 12.5 Å².